The van der Waals surface area contributed by atoms with Crippen molar-refractivity contribution in [1.29, 1.82) is 0 Å². The Labute approximate surface area is 171 Å². The lowest BCUT2D eigenvalue weighted by atomic mass is 9.98. The van der Waals surface area contributed by atoms with Gasteiger partial charge in [-0.3, -0.25) is 9.36 Å². The summed E-state index contributed by atoms with van der Waals surface area (Å²) in [7, 11) is -1.66. The number of methoxy groups -OCH3 is 1. The average Bonchev–Trinajstić information content (AvgIpc) is 2.78. The molecule has 4 nitrogen and oxygen atoms in total. The lowest BCUT2D eigenvalue weighted by molar-refractivity contribution is -0.113. The molecule has 0 aliphatic heterocycles. The first-order valence-corrected chi connectivity index (χ1v) is 11.0. The predicted octanol–water partition coefficient (Wildman–Crippen LogP) is 4.40. The maximum absolute atomic E-state index is 14.4. The van der Waals surface area contributed by atoms with Gasteiger partial charge in [-0.1, -0.05) is 55.1 Å². The van der Waals surface area contributed by atoms with Gasteiger partial charge in [0.25, 0.3) is 0 Å². The average molecular weight is 405 g/mol. The van der Waals surface area contributed by atoms with E-state index >= 15 is 0 Å². The molecule has 1 N–H and O–H groups in total. The zero-order valence-electron chi connectivity index (χ0n) is 16.5. The van der Waals surface area contributed by atoms with Crippen LogP contribution < -0.4 is 20.4 Å². The fourth-order valence-corrected chi connectivity index (χ4v) is 5.56. The van der Waals surface area contributed by atoms with Crippen LogP contribution in [0.15, 0.2) is 97.1 Å². The number of benzene rings is 3. The van der Waals surface area contributed by atoms with Crippen LogP contribution in [0.1, 0.15) is 18.5 Å². The standard InChI is InChI=1S/C24H24NO3P/c1-18(19(2)26)24(20-14-16-21(28-3)17-15-20)25-29(27,22-10-6-4-7-11-22)23-12-8-5-9-13-23/h4-17,24H,1H2,2-3H3,(H,25,27). The highest BCUT2D eigenvalue weighted by atomic mass is 31.2. The second-order valence-electron chi connectivity index (χ2n) is 6.70. The van der Waals surface area contributed by atoms with Crippen molar-refractivity contribution in [2.24, 2.45) is 0 Å². The fraction of sp³-hybridized carbons (Fsp3) is 0.125. The molecule has 0 aromatic heterocycles. The van der Waals surface area contributed by atoms with E-state index in [1.165, 1.54) is 6.92 Å². The minimum atomic E-state index is -3.25. The summed E-state index contributed by atoms with van der Waals surface area (Å²) >= 11 is 0. The van der Waals surface area contributed by atoms with Crippen molar-refractivity contribution in [3.05, 3.63) is 103 Å². The van der Waals surface area contributed by atoms with Crippen molar-refractivity contribution in [3.63, 3.8) is 0 Å². The van der Waals surface area contributed by atoms with Gasteiger partial charge < -0.3 is 4.74 Å². The Balaban J connectivity index is 2.11. The molecule has 0 heterocycles. The second kappa shape index (κ2) is 9.04. The number of carbonyl (C=O) groups excluding carboxylic acids is 1. The van der Waals surface area contributed by atoms with Crippen molar-refractivity contribution in [1.82, 2.24) is 5.09 Å². The van der Waals surface area contributed by atoms with Crippen LogP contribution >= 0.6 is 7.29 Å². The quantitative estimate of drug-likeness (QED) is 0.446. The summed E-state index contributed by atoms with van der Waals surface area (Å²) < 4.78 is 19.6. The molecule has 1 unspecified atom stereocenters. The Morgan fingerprint density at radius 3 is 1.79 bits per heavy atom. The van der Waals surface area contributed by atoms with Crippen molar-refractivity contribution in [3.8, 4) is 5.75 Å². The Morgan fingerprint density at radius 1 is 0.897 bits per heavy atom. The molecule has 5 heteroatoms. The third kappa shape index (κ3) is 4.56. The summed E-state index contributed by atoms with van der Waals surface area (Å²) in [4.78, 5) is 12.2. The van der Waals surface area contributed by atoms with Gasteiger partial charge in [-0.25, -0.2) is 5.09 Å². The van der Waals surface area contributed by atoms with Gasteiger partial charge in [0.1, 0.15) is 5.75 Å². The number of rotatable bonds is 8. The Morgan fingerprint density at radius 2 is 1.38 bits per heavy atom. The third-order valence-corrected chi connectivity index (χ3v) is 7.47. The Hall–Kier alpha value is -2.94. The van der Waals surface area contributed by atoms with Crippen LogP contribution in [-0.4, -0.2) is 12.9 Å². The lowest BCUT2D eigenvalue weighted by Crippen LogP contribution is -2.32. The normalized spacial score (nSPS) is 12.2. The van der Waals surface area contributed by atoms with E-state index in [2.05, 4.69) is 11.7 Å². The number of ketones is 1. The van der Waals surface area contributed by atoms with E-state index in [4.69, 9.17) is 4.74 Å². The molecular formula is C24H24NO3P. The summed E-state index contributed by atoms with van der Waals surface area (Å²) in [5.41, 5.74) is 1.14. The molecule has 0 bridgehead atoms. The van der Waals surface area contributed by atoms with E-state index < -0.39 is 13.3 Å². The smallest absolute Gasteiger partial charge is 0.205 e. The zero-order valence-corrected chi connectivity index (χ0v) is 17.4. The first-order chi connectivity index (χ1) is 14.0. The molecule has 3 aromatic rings. The number of nitrogens with one attached hydrogen (secondary N) is 1. The van der Waals surface area contributed by atoms with Crippen LogP contribution in [-0.2, 0) is 9.36 Å². The van der Waals surface area contributed by atoms with E-state index in [-0.39, 0.29) is 5.78 Å². The SMILES string of the molecule is C=C(C(C)=O)C(NP(=O)(c1ccccc1)c1ccccc1)c1ccc(OC)cc1. The molecule has 0 amide bonds. The molecule has 0 fully saturated rings. The van der Waals surface area contributed by atoms with E-state index in [9.17, 15) is 9.36 Å². The number of carbonyl (C=O) groups is 1. The van der Waals surface area contributed by atoms with Gasteiger partial charge in [-0.15, -0.1) is 0 Å². The van der Waals surface area contributed by atoms with E-state index in [1.54, 1.807) is 7.11 Å². The van der Waals surface area contributed by atoms with E-state index in [0.29, 0.717) is 21.9 Å². The molecule has 1 atom stereocenters. The Bertz CT molecular complexity index is 987. The van der Waals surface area contributed by atoms with Gasteiger partial charge in [0.15, 0.2) is 5.78 Å². The maximum Gasteiger partial charge on any atom is 0.205 e. The number of hydrogen-bond donors (Lipinski definition) is 1. The van der Waals surface area contributed by atoms with Crippen LogP contribution in [0.4, 0.5) is 0 Å². The Kier molecular flexibility index (Phi) is 6.48. The molecule has 0 aliphatic rings. The number of ether oxygens (including phenoxy) is 1. The van der Waals surface area contributed by atoms with Gasteiger partial charge in [0.2, 0.25) is 7.29 Å². The van der Waals surface area contributed by atoms with Crippen molar-refractivity contribution in [2.75, 3.05) is 7.11 Å². The number of Topliss-reactive ketones (excluding diaryl/α,β-unsaturated/α-hetero) is 1. The highest BCUT2D eigenvalue weighted by Crippen LogP contribution is 2.43. The molecule has 0 saturated carbocycles. The summed E-state index contributed by atoms with van der Waals surface area (Å²) in [6.45, 7) is 5.45. The van der Waals surface area contributed by atoms with Gasteiger partial charge >= 0.3 is 0 Å². The maximum atomic E-state index is 14.4. The second-order valence-corrected chi connectivity index (χ2v) is 9.21. The minimum Gasteiger partial charge on any atom is -0.497 e. The van der Waals surface area contributed by atoms with Crippen LogP contribution in [0.2, 0.25) is 0 Å². The predicted molar refractivity (Wildman–Crippen MR) is 118 cm³/mol. The van der Waals surface area contributed by atoms with Gasteiger partial charge in [-0.2, -0.15) is 0 Å². The summed E-state index contributed by atoms with van der Waals surface area (Å²) in [5, 5.41) is 4.63. The highest BCUT2D eigenvalue weighted by Gasteiger charge is 2.32. The minimum absolute atomic E-state index is 0.161. The van der Waals surface area contributed by atoms with Gasteiger partial charge in [0, 0.05) is 16.2 Å². The fourth-order valence-electron chi connectivity index (χ4n) is 3.11. The summed E-state index contributed by atoms with van der Waals surface area (Å²) in [6.07, 6.45) is 0. The van der Waals surface area contributed by atoms with Gasteiger partial charge in [-0.05, 0) is 48.9 Å². The number of hydrogen-bond acceptors (Lipinski definition) is 3. The molecule has 0 radical (unpaired) electrons. The van der Waals surface area contributed by atoms with Crippen molar-refractivity contribution < 1.29 is 14.1 Å². The van der Waals surface area contributed by atoms with E-state index in [1.807, 2.05) is 84.9 Å². The van der Waals surface area contributed by atoms with Crippen molar-refractivity contribution >= 4 is 23.7 Å². The monoisotopic (exact) mass is 405 g/mol. The van der Waals surface area contributed by atoms with Crippen LogP contribution in [0.25, 0.3) is 0 Å². The third-order valence-electron chi connectivity index (χ3n) is 4.80. The topological polar surface area (TPSA) is 55.4 Å². The van der Waals surface area contributed by atoms with Crippen LogP contribution in [0, 0.1) is 0 Å². The molecule has 29 heavy (non-hydrogen) atoms. The lowest BCUT2D eigenvalue weighted by Gasteiger charge is -2.28. The van der Waals surface area contributed by atoms with Crippen LogP contribution in [0.5, 0.6) is 5.75 Å². The van der Waals surface area contributed by atoms with Gasteiger partial charge in [0.05, 0.1) is 13.2 Å². The first kappa shape index (κ1) is 20.8. The summed E-state index contributed by atoms with van der Waals surface area (Å²) in [5.74, 6) is 0.543. The molecule has 3 aromatic carbocycles. The highest BCUT2D eigenvalue weighted by molar-refractivity contribution is 7.76. The van der Waals surface area contributed by atoms with Crippen LogP contribution in [0.3, 0.4) is 0 Å². The molecule has 0 saturated heterocycles. The first-order valence-electron chi connectivity index (χ1n) is 9.28. The molecule has 3 rings (SSSR count). The summed E-state index contributed by atoms with van der Waals surface area (Å²) in [6, 6.07) is 25.3. The zero-order chi connectivity index (χ0) is 20.9. The molecular weight excluding hydrogens is 381 g/mol. The van der Waals surface area contributed by atoms with Crippen molar-refractivity contribution in [2.45, 2.75) is 13.0 Å². The molecule has 0 spiro atoms. The molecule has 0 aliphatic carbocycles. The largest absolute Gasteiger partial charge is 0.497 e. The molecule has 148 valence electrons. The van der Waals surface area contributed by atoms with E-state index in [0.717, 1.165) is 5.56 Å².